The minimum Gasteiger partial charge on any atom is -0.260 e. The summed E-state index contributed by atoms with van der Waals surface area (Å²) in [7, 11) is 0. The van der Waals surface area contributed by atoms with Crippen LogP contribution in [0.25, 0.3) is 0 Å². The van der Waals surface area contributed by atoms with Crippen LogP contribution < -0.4 is 0 Å². The Morgan fingerprint density at radius 2 is 2.09 bits per heavy atom. The van der Waals surface area contributed by atoms with Gasteiger partial charge in [-0.25, -0.2) is 0 Å². The van der Waals surface area contributed by atoms with E-state index in [-0.39, 0.29) is 0 Å². The number of hydrogen-bond donors (Lipinski definition) is 0. The van der Waals surface area contributed by atoms with E-state index in [1.807, 2.05) is 6.07 Å². The van der Waals surface area contributed by atoms with Gasteiger partial charge in [-0.05, 0) is 6.07 Å². The maximum Gasteiger partial charge on any atom is 0.134 e. The van der Waals surface area contributed by atoms with Crippen molar-refractivity contribution < 1.29 is 0 Å². The van der Waals surface area contributed by atoms with Crippen molar-refractivity contribution in [1.29, 1.82) is 0 Å². The molecule has 0 amide bonds. The minimum atomic E-state index is -0.508. The van der Waals surface area contributed by atoms with Crippen molar-refractivity contribution in [2.24, 2.45) is 0 Å². The van der Waals surface area contributed by atoms with Crippen molar-refractivity contribution in [2.45, 2.75) is 10.7 Å². The molecule has 0 aliphatic carbocycles. The maximum absolute atomic E-state index is 5.59. The second-order valence-electron chi connectivity index (χ2n) is 2.02. The molecule has 1 nitrogen and oxygen atoms in total. The molecule has 1 aromatic heterocycles. The Morgan fingerprint density at radius 3 is 2.45 bits per heavy atom. The zero-order valence-electron chi connectivity index (χ0n) is 5.60. The summed E-state index contributed by atoms with van der Waals surface area (Å²) < 4.78 is 0. The summed E-state index contributed by atoms with van der Waals surface area (Å²) in [5.74, 6) is 0.412. The fourth-order valence-electron chi connectivity index (χ4n) is 0.644. The number of pyridine rings is 1. The Morgan fingerprint density at radius 1 is 1.36 bits per heavy atom. The SMILES string of the molecule is ClCc1ccc(C(Cl)Cl)cn1. The molecule has 1 heterocycles. The van der Waals surface area contributed by atoms with Crippen LogP contribution in [0.4, 0.5) is 0 Å². The van der Waals surface area contributed by atoms with Gasteiger partial charge in [0, 0.05) is 11.8 Å². The predicted molar refractivity (Wildman–Crippen MR) is 48.2 cm³/mol. The average Bonchev–Trinajstić information content (AvgIpc) is 2.05. The highest BCUT2D eigenvalue weighted by molar-refractivity contribution is 6.44. The molecular weight excluding hydrogens is 204 g/mol. The topological polar surface area (TPSA) is 12.9 Å². The standard InChI is InChI=1S/C7H6Cl3N/c8-3-6-2-1-5(4-11-6)7(9)10/h1-2,4,7H,3H2. The largest absolute Gasteiger partial charge is 0.260 e. The van der Waals surface area contributed by atoms with Crippen LogP contribution in [-0.2, 0) is 5.88 Å². The van der Waals surface area contributed by atoms with Crippen molar-refractivity contribution in [3.8, 4) is 0 Å². The summed E-state index contributed by atoms with van der Waals surface area (Å²) in [6.45, 7) is 0. The molecule has 0 unspecified atom stereocenters. The summed E-state index contributed by atoms with van der Waals surface area (Å²) in [6.07, 6.45) is 1.63. The molecule has 11 heavy (non-hydrogen) atoms. The van der Waals surface area contributed by atoms with Crippen LogP contribution >= 0.6 is 34.8 Å². The first kappa shape index (κ1) is 9.11. The van der Waals surface area contributed by atoms with Gasteiger partial charge in [-0.2, -0.15) is 0 Å². The van der Waals surface area contributed by atoms with Gasteiger partial charge in [-0.1, -0.05) is 6.07 Å². The summed E-state index contributed by atoms with van der Waals surface area (Å²) in [5.41, 5.74) is 1.62. The van der Waals surface area contributed by atoms with Crippen LogP contribution in [0.1, 0.15) is 16.1 Å². The lowest BCUT2D eigenvalue weighted by Gasteiger charge is -2.00. The van der Waals surface area contributed by atoms with Gasteiger partial charge in [0.2, 0.25) is 0 Å². The van der Waals surface area contributed by atoms with Crippen LogP contribution in [0.3, 0.4) is 0 Å². The molecule has 1 rings (SSSR count). The van der Waals surface area contributed by atoms with Gasteiger partial charge in [0.25, 0.3) is 0 Å². The summed E-state index contributed by atoms with van der Waals surface area (Å²) in [4.78, 5) is 3.51. The van der Waals surface area contributed by atoms with Crippen molar-refractivity contribution in [1.82, 2.24) is 4.98 Å². The second kappa shape index (κ2) is 4.15. The molecule has 0 saturated heterocycles. The Kier molecular flexibility index (Phi) is 3.44. The third kappa shape index (κ3) is 2.51. The zero-order valence-corrected chi connectivity index (χ0v) is 7.87. The lowest BCUT2D eigenvalue weighted by Crippen LogP contribution is -1.87. The Hall–Kier alpha value is 0.0200. The monoisotopic (exact) mass is 209 g/mol. The normalized spacial score (nSPS) is 10.5. The molecule has 0 fully saturated rings. The van der Waals surface area contributed by atoms with Gasteiger partial charge in [0.1, 0.15) is 4.84 Å². The maximum atomic E-state index is 5.59. The van der Waals surface area contributed by atoms with Gasteiger partial charge in [-0.15, -0.1) is 34.8 Å². The molecule has 0 spiro atoms. The van der Waals surface area contributed by atoms with E-state index in [0.717, 1.165) is 11.3 Å². The molecule has 0 N–H and O–H groups in total. The number of alkyl halides is 3. The van der Waals surface area contributed by atoms with Gasteiger partial charge < -0.3 is 0 Å². The summed E-state index contributed by atoms with van der Waals surface area (Å²) >= 11 is 16.7. The highest BCUT2D eigenvalue weighted by atomic mass is 35.5. The molecule has 0 radical (unpaired) electrons. The van der Waals surface area contributed by atoms with E-state index >= 15 is 0 Å². The van der Waals surface area contributed by atoms with E-state index in [4.69, 9.17) is 34.8 Å². The van der Waals surface area contributed by atoms with E-state index in [1.165, 1.54) is 0 Å². The quantitative estimate of drug-likeness (QED) is 0.683. The second-order valence-corrected chi connectivity index (χ2v) is 3.38. The van der Waals surface area contributed by atoms with Crippen molar-refractivity contribution in [2.75, 3.05) is 0 Å². The first-order chi connectivity index (χ1) is 5.24. The minimum absolute atomic E-state index is 0.412. The average molecular weight is 210 g/mol. The number of hydrogen-bond acceptors (Lipinski definition) is 1. The van der Waals surface area contributed by atoms with Gasteiger partial charge >= 0.3 is 0 Å². The number of rotatable bonds is 2. The predicted octanol–water partition coefficient (Wildman–Crippen LogP) is 3.30. The van der Waals surface area contributed by atoms with E-state index in [9.17, 15) is 0 Å². The van der Waals surface area contributed by atoms with Gasteiger partial charge in [0.05, 0.1) is 11.6 Å². The third-order valence-electron chi connectivity index (χ3n) is 1.24. The lowest BCUT2D eigenvalue weighted by atomic mass is 10.3. The molecule has 60 valence electrons. The molecule has 0 bridgehead atoms. The molecule has 0 aliphatic heterocycles. The number of nitrogens with zero attached hydrogens (tertiary/aromatic N) is 1. The van der Waals surface area contributed by atoms with Crippen LogP contribution in [0.15, 0.2) is 18.3 Å². The lowest BCUT2D eigenvalue weighted by molar-refractivity contribution is 1.13. The smallest absolute Gasteiger partial charge is 0.134 e. The highest BCUT2D eigenvalue weighted by Gasteiger charge is 2.02. The van der Waals surface area contributed by atoms with Crippen molar-refractivity contribution in [3.63, 3.8) is 0 Å². The van der Waals surface area contributed by atoms with E-state index in [0.29, 0.717) is 5.88 Å². The summed E-state index contributed by atoms with van der Waals surface area (Å²) in [5, 5.41) is 0. The molecule has 0 saturated carbocycles. The Bertz CT molecular complexity index is 220. The Labute approximate surface area is 80.3 Å². The highest BCUT2D eigenvalue weighted by Crippen LogP contribution is 2.23. The third-order valence-corrected chi connectivity index (χ3v) is 2.01. The molecule has 4 heteroatoms. The summed E-state index contributed by atoms with van der Waals surface area (Å²) in [6, 6.07) is 3.62. The first-order valence-corrected chi connectivity index (χ1v) is 4.43. The number of aromatic nitrogens is 1. The molecular formula is C7H6Cl3N. The van der Waals surface area contributed by atoms with E-state index in [2.05, 4.69) is 4.98 Å². The van der Waals surface area contributed by atoms with Gasteiger partial charge in [-0.3, -0.25) is 4.98 Å². The van der Waals surface area contributed by atoms with Crippen molar-refractivity contribution in [3.05, 3.63) is 29.6 Å². The van der Waals surface area contributed by atoms with E-state index < -0.39 is 4.84 Å². The zero-order chi connectivity index (χ0) is 8.27. The van der Waals surface area contributed by atoms with Crippen LogP contribution in [0.2, 0.25) is 0 Å². The number of halogens is 3. The van der Waals surface area contributed by atoms with E-state index in [1.54, 1.807) is 12.3 Å². The molecule has 0 aliphatic rings. The van der Waals surface area contributed by atoms with Gasteiger partial charge in [0.15, 0.2) is 0 Å². The molecule has 0 atom stereocenters. The van der Waals surface area contributed by atoms with Crippen molar-refractivity contribution >= 4 is 34.8 Å². The molecule has 0 aromatic carbocycles. The fraction of sp³-hybridized carbons (Fsp3) is 0.286. The van der Waals surface area contributed by atoms with Crippen LogP contribution in [-0.4, -0.2) is 4.98 Å². The first-order valence-electron chi connectivity index (χ1n) is 3.03. The Balaban J connectivity index is 2.83. The fourth-order valence-corrected chi connectivity index (χ4v) is 1.06. The van der Waals surface area contributed by atoms with Crippen LogP contribution in [0.5, 0.6) is 0 Å². The molecule has 1 aromatic rings. The van der Waals surface area contributed by atoms with Crippen LogP contribution in [0, 0.1) is 0 Å².